The number of ketones is 1. The predicted octanol–water partition coefficient (Wildman–Crippen LogP) is 1.93. The van der Waals surface area contributed by atoms with E-state index in [2.05, 4.69) is 46.3 Å². The molecule has 0 radical (unpaired) electrons. The van der Waals surface area contributed by atoms with Crippen molar-refractivity contribution in [2.75, 3.05) is 0 Å². The zero-order valence-corrected chi connectivity index (χ0v) is 16.5. The van der Waals surface area contributed by atoms with E-state index in [1.54, 1.807) is 0 Å². The van der Waals surface area contributed by atoms with Gasteiger partial charge in [0.05, 0.1) is 5.39 Å². The van der Waals surface area contributed by atoms with Crippen LogP contribution in [0.1, 0.15) is 10.4 Å². The molecule has 4 aromatic rings. The van der Waals surface area contributed by atoms with E-state index < -0.39 is 0 Å². The van der Waals surface area contributed by atoms with E-state index in [1.807, 2.05) is 53.2 Å². The number of carbonyl (C=O) groups is 1. The van der Waals surface area contributed by atoms with Gasteiger partial charge in [0.2, 0.25) is 17.8 Å². The van der Waals surface area contributed by atoms with Gasteiger partial charge in [0.15, 0.2) is 6.20 Å². The Labute approximate surface area is 165 Å². The molecule has 0 spiro atoms. The number of hydrogen-bond donors (Lipinski definition) is 0. The highest BCUT2D eigenvalue weighted by Crippen LogP contribution is 2.23. The summed E-state index contributed by atoms with van der Waals surface area (Å²) in [5.74, 6) is 0.105. The average Bonchev–Trinajstić information content (AvgIpc) is 2.62. The van der Waals surface area contributed by atoms with Crippen LogP contribution in [0.3, 0.4) is 0 Å². The molecule has 0 aliphatic carbocycles. The van der Waals surface area contributed by atoms with Crippen LogP contribution in [0.25, 0.3) is 21.7 Å². The average molecular weight is 457 g/mol. The fraction of sp³-hybridized carbons (Fsp3) is 0.0476. The van der Waals surface area contributed by atoms with Gasteiger partial charge < -0.3 is 17.0 Å². The van der Waals surface area contributed by atoms with Gasteiger partial charge in [-0.1, -0.05) is 52.3 Å². The minimum Gasteiger partial charge on any atom is -1.00 e. The summed E-state index contributed by atoms with van der Waals surface area (Å²) in [6.07, 6.45) is 1.97. The van der Waals surface area contributed by atoms with Crippen LogP contribution in [0.4, 0.5) is 0 Å². The van der Waals surface area contributed by atoms with E-state index >= 15 is 0 Å². The Hall–Kier alpha value is -2.04. The van der Waals surface area contributed by atoms with Crippen molar-refractivity contribution in [3.8, 4) is 0 Å². The number of carbonyl (C=O) groups excluding carboxylic acids is 1. The fourth-order valence-corrected chi connectivity index (χ4v) is 3.32. The summed E-state index contributed by atoms with van der Waals surface area (Å²) < 4.78 is 3.00. The first-order valence-corrected chi connectivity index (χ1v) is 8.60. The molecule has 124 valence electrons. The second-order valence-electron chi connectivity index (χ2n) is 5.79. The third kappa shape index (κ3) is 3.51. The molecule has 0 fully saturated rings. The number of fused-ring (bicyclic) bond motifs is 3. The Balaban J connectivity index is 0.00000182. The smallest absolute Gasteiger partial charge is 0.227 e. The van der Waals surface area contributed by atoms with Crippen molar-refractivity contribution in [2.24, 2.45) is 0 Å². The van der Waals surface area contributed by atoms with Gasteiger partial charge in [-0.2, -0.15) is 4.57 Å². The Morgan fingerprint density at radius 2 is 1.56 bits per heavy atom. The van der Waals surface area contributed by atoms with Crippen LogP contribution in [0.5, 0.6) is 0 Å². The molecule has 0 saturated carbocycles. The lowest BCUT2D eigenvalue weighted by molar-refractivity contribution is -0.657. The molecule has 1 heterocycles. The van der Waals surface area contributed by atoms with Gasteiger partial charge in [0, 0.05) is 22.2 Å². The Morgan fingerprint density at radius 1 is 0.840 bits per heavy atom. The van der Waals surface area contributed by atoms with Gasteiger partial charge in [-0.25, -0.2) is 0 Å². The Kier molecular flexibility index (Phi) is 5.30. The van der Waals surface area contributed by atoms with Crippen molar-refractivity contribution in [1.82, 2.24) is 0 Å². The molecule has 2 nitrogen and oxygen atoms in total. The lowest BCUT2D eigenvalue weighted by Gasteiger charge is -2.05. The summed E-state index contributed by atoms with van der Waals surface area (Å²) in [4.78, 5) is 12.6. The monoisotopic (exact) mass is 455 g/mol. The van der Waals surface area contributed by atoms with Crippen molar-refractivity contribution in [3.05, 3.63) is 89.0 Å². The predicted molar refractivity (Wildman–Crippen MR) is 100 cm³/mol. The molecule has 4 rings (SSSR count). The van der Waals surface area contributed by atoms with Gasteiger partial charge >= 0.3 is 0 Å². The molecule has 0 amide bonds. The molecule has 0 N–H and O–H groups in total. The number of Topliss-reactive ketones (excluding diaryl/α,β-unsaturated/α-hetero) is 1. The number of hydrogen-bond acceptors (Lipinski definition) is 1. The fourth-order valence-electron chi connectivity index (χ4n) is 3.05. The van der Waals surface area contributed by atoms with Crippen molar-refractivity contribution >= 4 is 43.4 Å². The van der Waals surface area contributed by atoms with Gasteiger partial charge in [0.1, 0.15) is 0 Å². The molecular formula is C21H15Br2NO. The normalized spacial score (nSPS) is 10.6. The van der Waals surface area contributed by atoms with E-state index in [1.165, 1.54) is 16.2 Å². The molecule has 25 heavy (non-hydrogen) atoms. The summed E-state index contributed by atoms with van der Waals surface area (Å²) in [5, 5.41) is 3.58. The first kappa shape index (κ1) is 17.8. The first-order chi connectivity index (χ1) is 11.7. The number of nitrogens with zero attached hydrogens (tertiary/aromatic N) is 1. The summed E-state index contributed by atoms with van der Waals surface area (Å²) >= 11 is 3.40. The molecule has 1 aromatic heterocycles. The van der Waals surface area contributed by atoms with Crippen LogP contribution >= 0.6 is 15.9 Å². The first-order valence-electron chi connectivity index (χ1n) is 7.81. The second kappa shape index (κ2) is 7.46. The Morgan fingerprint density at radius 3 is 2.36 bits per heavy atom. The van der Waals surface area contributed by atoms with Crippen LogP contribution in [0.2, 0.25) is 0 Å². The third-order valence-corrected chi connectivity index (χ3v) is 4.79. The maximum absolute atomic E-state index is 12.6. The lowest BCUT2D eigenvalue weighted by Crippen LogP contribution is -3.00. The van der Waals surface area contributed by atoms with Crippen molar-refractivity contribution in [3.63, 3.8) is 0 Å². The minimum atomic E-state index is 0. The van der Waals surface area contributed by atoms with Crippen LogP contribution in [0.15, 0.2) is 83.5 Å². The lowest BCUT2D eigenvalue weighted by atomic mass is 10.0. The minimum absolute atomic E-state index is 0. The van der Waals surface area contributed by atoms with E-state index in [-0.39, 0.29) is 22.8 Å². The van der Waals surface area contributed by atoms with Crippen molar-refractivity contribution in [2.45, 2.75) is 6.54 Å². The molecule has 0 unspecified atom stereocenters. The van der Waals surface area contributed by atoms with E-state index in [9.17, 15) is 4.79 Å². The van der Waals surface area contributed by atoms with Crippen LogP contribution < -0.4 is 21.5 Å². The number of pyridine rings is 1. The topological polar surface area (TPSA) is 20.9 Å². The van der Waals surface area contributed by atoms with Crippen molar-refractivity contribution in [1.29, 1.82) is 0 Å². The van der Waals surface area contributed by atoms with Crippen LogP contribution in [0, 0.1) is 0 Å². The third-order valence-electron chi connectivity index (χ3n) is 4.27. The van der Waals surface area contributed by atoms with Gasteiger partial charge in [-0.15, -0.1) is 0 Å². The maximum atomic E-state index is 12.6. The highest BCUT2D eigenvalue weighted by Gasteiger charge is 2.16. The standard InChI is InChI=1S/C21H15BrNO.BrH/c22-17-10-7-16(8-11-17)21(24)14-23-13-3-6-19-18-5-2-1-4-15(18)9-12-20(19)23;/h1-13H,14H2;1H/q+1;/p-1. The second-order valence-corrected chi connectivity index (χ2v) is 6.70. The number of rotatable bonds is 3. The maximum Gasteiger partial charge on any atom is 0.227 e. The van der Waals surface area contributed by atoms with E-state index in [0.29, 0.717) is 6.54 Å². The van der Waals surface area contributed by atoms with E-state index in [4.69, 9.17) is 0 Å². The molecule has 0 saturated heterocycles. The number of halogens is 2. The number of benzene rings is 3. The van der Waals surface area contributed by atoms with Crippen molar-refractivity contribution < 1.29 is 26.3 Å². The largest absolute Gasteiger partial charge is 1.00 e. The summed E-state index contributed by atoms with van der Waals surface area (Å²) in [6, 6.07) is 24.1. The summed E-state index contributed by atoms with van der Waals surface area (Å²) in [6.45, 7) is 0.331. The highest BCUT2D eigenvalue weighted by molar-refractivity contribution is 9.10. The molecule has 0 aliphatic heterocycles. The molecular weight excluding hydrogens is 442 g/mol. The van der Waals surface area contributed by atoms with Crippen LogP contribution in [-0.4, -0.2) is 5.78 Å². The molecule has 0 aliphatic rings. The Bertz CT molecular complexity index is 1060. The molecule has 3 aromatic carbocycles. The van der Waals surface area contributed by atoms with Crippen LogP contribution in [-0.2, 0) is 6.54 Å². The SMILES string of the molecule is O=C(C[n+]1cccc2c3ccccc3ccc21)c1ccc(Br)cc1.[Br-]. The summed E-state index contributed by atoms with van der Waals surface area (Å²) in [5.41, 5.74) is 1.80. The highest BCUT2D eigenvalue weighted by atomic mass is 79.9. The van der Waals surface area contributed by atoms with Gasteiger partial charge in [-0.05, 0) is 35.0 Å². The summed E-state index contributed by atoms with van der Waals surface area (Å²) in [7, 11) is 0. The van der Waals surface area contributed by atoms with Gasteiger partial charge in [-0.3, -0.25) is 4.79 Å². The molecule has 0 atom stereocenters. The zero-order valence-electron chi connectivity index (χ0n) is 13.3. The molecule has 0 bridgehead atoms. The molecule has 4 heteroatoms. The van der Waals surface area contributed by atoms with Gasteiger partial charge in [0.25, 0.3) is 0 Å². The quantitative estimate of drug-likeness (QED) is 0.262. The zero-order chi connectivity index (χ0) is 16.5. The number of aromatic nitrogens is 1. The van der Waals surface area contributed by atoms with E-state index in [0.717, 1.165) is 15.6 Å².